The number of nitrogens with one attached hydrogen (secondary N) is 1. The normalized spacial score (nSPS) is 12.0. The summed E-state index contributed by atoms with van der Waals surface area (Å²) in [5.41, 5.74) is 0.390. The summed E-state index contributed by atoms with van der Waals surface area (Å²) in [5, 5.41) is 25.0. The lowest BCUT2D eigenvalue weighted by atomic mass is 10.3. The van der Waals surface area contributed by atoms with Crippen LogP contribution in [0.5, 0.6) is 11.6 Å². The van der Waals surface area contributed by atoms with Crippen molar-refractivity contribution in [2.75, 3.05) is 11.9 Å². The molecule has 0 fully saturated rings. The van der Waals surface area contributed by atoms with Crippen LogP contribution in [-0.2, 0) is 7.05 Å². The van der Waals surface area contributed by atoms with Crippen LogP contribution in [0.3, 0.4) is 0 Å². The van der Waals surface area contributed by atoms with Crippen molar-refractivity contribution >= 4 is 34.0 Å². The van der Waals surface area contributed by atoms with Crippen molar-refractivity contribution in [2.24, 2.45) is 7.05 Å². The molecular weight excluding hydrogens is 424 g/mol. The van der Waals surface area contributed by atoms with E-state index >= 15 is 0 Å². The molecule has 1 atom stereocenters. The number of ether oxygens (including phenoxy) is 1. The van der Waals surface area contributed by atoms with Crippen LogP contribution in [0, 0.1) is 0 Å². The van der Waals surface area contributed by atoms with Crippen LogP contribution in [0.4, 0.5) is 10.9 Å². The van der Waals surface area contributed by atoms with E-state index < -0.39 is 12.7 Å². The zero-order valence-corrected chi connectivity index (χ0v) is 17.5. The summed E-state index contributed by atoms with van der Waals surface area (Å²) in [6, 6.07) is 7.57. The van der Waals surface area contributed by atoms with Gasteiger partial charge in [-0.1, -0.05) is 17.8 Å². The fourth-order valence-corrected chi connectivity index (χ4v) is 3.96. The van der Waals surface area contributed by atoms with E-state index in [1.54, 1.807) is 34.9 Å². The van der Waals surface area contributed by atoms with Crippen LogP contribution in [0.1, 0.15) is 11.8 Å². The van der Waals surface area contributed by atoms with Gasteiger partial charge in [0.1, 0.15) is 11.1 Å². The van der Waals surface area contributed by atoms with Gasteiger partial charge in [0.15, 0.2) is 16.7 Å². The van der Waals surface area contributed by atoms with Crippen LogP contribution >= 0.6 is 23.1 Å². The van der Waals surface area contributed by atoms with Crippen LogP contribution in [0.25, 0.3) is 0 Å². The number of aryl methyl sites for hydroxylation is 1. The smallest absolute Gasteiger partial charge is 0.219 e. The van der Waals surface area contributed by atoms with E-state index in [4.69, 9.17) is 9.84 Å². The first-order valence-corrected chi connectivity index (χ1v) is 10.6. The summed E-state index contributed by atoms with van der Waals surface area (Å²) in [6.45, 7) is -0.393. The molecular formula is C19H18N6O3S2. The van der Waals surface area contributed by atoms with Crippen molar-refractivity contribution in [1.29, 1.82) is 0 Å². The molecule has 154 valence electrons. The molecule has 3 N–H and O–H groups in total. The molecule has 1 unspecified atom stereocenters. The fraction of sp³-hybridized carbons (Fsp3) is 0.158. The highest BCUT2D eigenvalue weighted by Crippen LogP contribution is 2.36. The highest BCUT2D eigenvalue weighted by Gasteiger charge is 2.15. The number of thiazole rings is 1. The molecule has 0 aliphatic rings. The second kappa shape index (κ2) is 9.22. The Kier molecular flexibility index (Phi) is 6.23. The van der Waals surface area contributed by atoms with Crippen LogP contribution < -0.4 is 10.1 Å². The third kappa shape index (κ3) is 4.76. The van der Waals surface area contributed by atoms with Gasteiger partial charge in [-0.2, -0.15) is 0 Å². The Morgan fingerprint density at radius 2 is 2.20 bits per heavy atom. The van der Waals surface area contributed by atoms with Gasteiger partial charge >= 0.3 is 0 Å². The molecule has 0 aliphatic carbocycles. The van der Waals surface area contributed by atoms with E-state index in [-0.39, 0.29) is 0 Å². The average molecular weight is 443 g/mol. The Balaban J connectivity index is 1.62. The molecule has 4 aromatic heterocycles. The second-order valence-corrected chi connectivity index (χ2v) is 8.09. The third-order valence-electron chi connectivity index (χ3n) is 3.94. The lowest BCUT2D eigenvalue weighted by Crippen LogP contribution is -2.03. The summed E-state index contributed by atoms with van der Waals surface area (Å²) in [7, 11) is 1.83. The van der Waals surface area contributed by atoms with E-state index in [1.165, 1.54) is 23.1 Å². The van der Waals surface area contributed by atoms with Crippen molar-refractivity contribution in [1.82, 2.24) is 24.5 Å². The number of rotatable bonds is 8. The molecule has 0 amide bonds. The Morgan fingerprint density at radius 1 is 1.30 bits per heavy atom. The molecule has 30 heavy (non-hydrogen) atoms. The quantitative estimate of drug-likeness (QED) is 0.377. The molecule has 0 saturated carbocycles. The molecule has 4 heterocycles. The number of hydrogen-bond donors (Lipinski definition) is 3. The van der Waals surface area contributed by atoms with Crippen LogP contribution in [0.15, 0.2) is 64.5 Å². The Labute approximate surface area is 180 Å². The Morgan fingerprint density at radius 3 is 2.93 bits per heavy atom. The highest BCUT2D eigenvalue weighted by atomic mass is 32.2. The topological polar surface area (TPSA) is 118 Å². The lowest BCUT2D eigenvalue weighted by Gasteiger charge is -2.12. The maximum absolute atomic E-state index is 9.75. The number of nitrogens with zero attached hydrogens (tertiary/aromatic N) is 5. The van der Waals surface area contributed by atoms with Crippen LogP contribution in [0.2, 0.25) is 0 Å². The van der Waals surface area contributed by atoms with Gasteiger partial charge in [-0.3, -0.25) is 0 Å². The van der Waals surface area contributed by atoms with Crippen molar-refractivity contribution in [2.45, 2.75) is 16.0 Å². The molecule has 0 radical (unpaired) electrons. The number of hydrogen-bond acceptors (Lipinski definition) is 10. The minimum atomic E-state index is -1.02. The molecule has 0 bridgehead atoms. The van der Waals surface area contributed by atoms with Gasteiger partial charge < -0.3 is 24.8 Å². The minimum Gasteiger partial charge on any atom is -0.435 e. The molecule has 0 spiro atoms. The molecule has 11 heteroatoms. The molecule has 0 aromatic carbocycles. The van der Waals surface area contributed by atoms with Gasteiger partial charge in [-0.05, 0) is 12.1 Å². The maximum atomic E-state index is 9.75. The fourth-order valence-electron chi connectivity index (χ4n) is 2.43. The molecule has 4 aromatic rings. The first-order valence-electron chi connectivity index (χ1n) is 8.87. The largest absolute Gasteiger partial charge is 0.435 e. The second-order valence-electron chi connectivity index (χ2n) is 6.13. The van der Waals surface area contributed by atoms with E-state index in [1.807, 2.05) is 31.3 Å². The van der Waals surface area contributed by atoms with E-state index in [2.05, 4.69) is 25.3 Å². The van der Waals surface area contributed by atoms with Crippen molar-refractivity contribution in [3.05, 3.63) is 60.3 Å². The number of aliphatic hydroxyl groups excluding tert-OH is 2. The Bertz CT molecular complexity index is 1120. The lowest BCUT2D eigenvalue weighted by molar-refractivity contribution is 0.0928. The third-order valence-corrected chi connectivity index (χ3v) is 5.62. The summed E-state index contributed by atoms with van der Waals surface area (Å²) in [5.74, 6) is 1.50. The van der Waals surface area contributed by atoms with Crippen molar-refractivity contribution in [3.63, 3.8) is 0 Å². The molecule has 9 nitrogen and oxygen atoms in total. The zero-order chi connectivity index (χ0) is 20.9. The van der Waals surface area contributed by atoms with Crippen LogP contribution in [-0.4, -0.2) is 41.3 Å². The van der Waals surface area contributed by atoms with E-state index in [9.17, 15) is 5.11 Å². The number of pyridine rings is 2. The summed E-state index contributed by atoms with van der Waals surface area (Å²) in [6.07, 6.45) is 5.69. The number of imidazole rings is 1. The predicted molar refractivity (Wildman–Crippen MR) is 113 cm³/mol. The average Bonchev–Trinajstić information content (AvgIpc) is 3.39. The summed E-state index contributed by atoms with van der Waals surface area (Å²) < 4.78 is 7.79. The van der Waals surface area contributed by atoms with Gasteiger partial charge in [0.25, 0.3) is 0 Å². The SMILES string of the molecule is Cn1cncc1Oc1cc(Sc2ccccn2)cnc1Nc1nc(C(O)CO)cs1. The first kappa shape index (κ1) is 20.3. The number of aliphatic hydroxyl groups is 2. The zero-order valence-electron chi connectivity index (χ0n) is 15.8. The van der Waals surface area contributed by atoms with Crippen molar-refractivity contribution < 1.29 is 14.9 Å². The maximum Gasteiger partial charge on any atom is 0.219 e. The minimum absolute atomic E-state index is 0.390. The van der Waals surface area contributed by atoms with Crippen molar-refractivity contribution in [3.8, 4) is 11.6 Å². The highest BCUT2D eigenvalue weighted by molar-refractivity contribution is 7.99. The number of aromatic nitrogens is 5. The standard InChI is InChI=1S/C19H18N6O3S2/c1-25-11-20-8-17(25)28-15-6-12(30-16-4-2-3-5-21-16)7-22-18(15)24-19-23-13(10-29-19)14(27)9-26/h2-8,10-11,14,26-27H,9H2,1H3,(H,22,23,24). The Hall–Kier alpha value is -2.99. The summed E-state index contributed by atoms with van der Waals surface area (Å²) >= 11 is 2.76. The molecule has 0 saturated heterocycles. The molecule has 0 aliphatic heterocycles. The first-order chi connectivity index (χ1) is 14.6. The predicted octanol–water partition coefficient (Wildman–Crippen LogP) is 3.38. The molecule has 4 rings (SSSR count). The van der Waals surface area contributed by atoms with Gasteiger partial charge in [-0.25, -0.2) is 19.9 Å². The summed E-state index contributed by atoms with van der Waals surface area (Å²) in [4.78, 5) is 18.0. The van der Waals surface area contributed by atoms with Gasteiger partial charge in [0, 0.05) is 35.8 Å². The monoisotopic (exact) mass is 442 g/mol. The van der Waals surface area contributed by atoms with E-state index in [0.717, 1.165) is 9.92 Å². The number of anilines is 2. The van der Waals surface area contributed by atoms with Gasteiger partial charge in [-0.15, -0.1) is 11.3 Å². The van der Waals surface area contributed by atoms with E-state index in [0.29, 0.717) is 28.3 Å². The van der Waals surface area contributed by atoms with Gasteiger partial charge in [0.2, 0.25) is 5.88 Å². The van der Waals surface area contributed by atoms with Gasteiger partial charge in [0.05, 0.1) is 24.8 Å².